The van der Waals surface area contributed by atoms with Gasteiger partial charge in [-0.15, -0.1) is 0 Å². The second-order valence-electron chi connectivity index (χ2n) is 16.5. The van der Waals surface area contributed by atoms with E-state index in [0.29, 0.717) is 6.04 Å². The highest BCUT2D eigenvalue weighted by atomic mass is 15.1. The van der Waals surface area contributed by atoms with Gasteiger partial charge in [-0.1, -0.05) is 80.6 Å². The summed E-state index contributed by atoms with van der Waals surface area (Å²) in [7, 11) is 0. The number of nitrogens with zero attached hydrogens (tertiary/aromatic N) is 2. The van der Waals surface area contributed by atoms with Gasteiger partial charge in [0.25, 0.3) is 0 Å². The molecule has 0 spiro atoms. The lowest BCUT2D eigenvalue weighted by molar-refractivity contribution is 0.463. The average molecular weight is 741 g/mol. The van der Waals surface area contributed by atoms with Crippen LogP contribution in [-0.2, 0) is 0 Å². The molecule has 0 unspecified atom stereocenters. The smallest absolute Gasteiger partial charge is 0.0638 e. The Hall–Kier alpha value is -5.15. The third kappa shape index (κ3) is 8.19. The predicted octanol–water partition coefficient (Wildman–Crippen LogP) is 14.6. The van der Waals surface area contributed by atoms with Gasteiger partial charge in [0, 0.05) is 41.3 Å². The van der Waals surface area contributed by atoms with Crippen LogP contribution in [0.2, 0.25) is 0 Å². The van der Waals surface area contributed by atoms with Crippen molar-refractivity contribution >= 4 is 39.2 Å². The summed E-state index contributed by atoms with van der Waals surface area (Å²) in [5.41, 5.74) is 18.0. The minimum atomic E-state index is 0.542. The fourth-order valence-electron chi connectivity index (χ4n) is 9.59. The maximum Gasteiger partial charge on any atom is 0.0638 e. The van der Waals surface area contributed by atoms with E-state index < -0.39 is 0 Å². The highest BCUT2D eigenvalue weighted by Gasteiger charge is 2.28. The zero-order valence-electron chi connectivity index (χ0n) is 35.2. The molecule has 56 heavy (non-hydrogen) atoms. The van der Waals surface area contributed by atoms with E-state index in [0.717, 1.165) is 25.9 Å². The number of aryl methyl sites for hydroxylation is 6. The molecule has 1 N–H and O–H groups in total. The number of anilines is 5. The van der Waals surface area contributed by atoms with Gasteiger partial charge in [0.2, 0.25) is 0 Å². The largest absolute Gasteiger partial charge is 0.381 e. The number of rotatable bonds is 13. The maximum atomic E-state index is 3.97. The Balaban J connectivity index is 1.33. The summed E-state index contributed by atoms with van der Waals surface area (Å²) in [6.07, 6.45) is 8.63. The molecule has 6 aromatic rings. The molecule has 1 aliphatic rings. The lowest BCUT2D eigenvalue weighted by Gasteiger charge is -2.29. The number of benzene rings is 6. The molecule has 1 fully saturated rings. The van der Waals surface area contributed by atoms with Crippen molar-refractivity contribution in [3.8, 4) is 0 Å². The molecule has 0 radical (unpaired) electrons. The van der Waals surface area contributed by atoms with E-state index in [2.05, 4.69) is 180 Å². The molecule has 1 saturated carbocycles. The quantitative estimate of drug-likeness (QED) is 0.0939. The van der Waals surface area contributed by atoms with Crippen molar-refractivity contribution in [2.24, 2.45) is 0 Å². The zero-order valence-corrected chi connectivity index (χ0v) is 35.2. The Morgan fingerprint density at radius 2 is 0.982 bits per heavy atom. The standard InChI is InChI=1S/C53H62N3/c1-9-30-55(52-38(5)32-36(3)33-39(52)6)45-24-20-42(21-25-45)51(49-28-29-50(48-19-15-14-18-47(48)49)54-44-16-12-11-13-17-44)43-22-26-46(27-23-43)56(31-10-2)53-40(7)34-37(4)35-41(53)8/h14-15,18-29,32-35,44,54H,9-13,16-17,30-31H2,1-8H3/q+1. The van der Waals surface area contributed by atoms with Crippen LogP contribution in [0, 0.1) is 47.5 Å². The van der Waals surface area contributed by atoms with Crippen LogP contribution >= 0.6 is 0 Å². The second kappa shape index (κ2) is 17.3. The third-order valence-electron chi connectivity index (χ3n) is 11.8. The highest BCUT2D eigenvalue weighted by molar-refractivity contribution is 5.98. The van der Waals surface area contributed by atoms with E-state index in [1.807, 2.05) is 0 Å². The van der Waals surface area contributed by atoms with Crippen molar-refractivity contribution in [3.63, 3.8) is 0 Å². The van der Waals surface area contributed by atoms with Crippen molar-refractivity contribution < 1.29 is 0 Å². The van der Waals surface area contributed by atoms with Crippen molar-refractivity contribution in [1.82, 2.24) is 0 Å². The molecule has 0 bridgehead atoms. The first-order valence-corrected chi connectivity index (χ1v) is 21.2. The van der Waals surface area contributed by atoms with Gasteiger partial charge in [-0.2, -0.15) is 0 Å². The molecule has 0 atom stereocenters. The number of nitrogens with one attached hydrogen (secondary N) is 1. The Bertz CT molecular complexity index is 2100. The first kappa shape index (κ1) is 39.1. The zero-order chi connectivity index (χ0) is 39.3. The molecule has 0 aliphatic heterocycles. The van der Waals surface area contributed by atoms with Crippen LogP contribution in [0.3, 0.4) is 0 Å². The molecule has 3 heteroatoms. The fourth-order valence-corrected chi connectivity index (χ4v) is 9.59. The van der Waals surface area contributed by atoms with Crippen LogP contribution in [0.4, 0.5) is 28.4 Å². The van der Waals surface area contributed by atoms with E-state index in [9.17, 15) is 0 Å². The van der Waals surface area contributed by atoms with E-state index >= 15 is 0 Å². The molecule has 1 aliphatic carbocycles. The molecule has 288 valence electrons. The topological polar surface area (TPSA) is 18.5 Å². The first-order chi connectivity index (χ1) is 27.2. The van der Waals surface area contributed by atoms with Crippen molar-refractivity contribution in [3.05, 3.63) is 165 Å². The van der Waals surface area contributed by atoms with E-state index in [1.54, 1.807) is 0 Å². The Labute approximate surface area is 337 Å². The van der Waals surface area contributed by atoms with Crippen molar-refractivity contribution in [1.29, 1.82) is 0 Å². The highest BCUT2D eigenvalue weighted by Crippen LogP contribution is 2.41. The third-order valence-corrected chi connectivity index (χ3v) is 11.8. The molecule has 0 heterocycles. The predicted molar refractivity (Wildman–Crippen MR) is 244 cm³/mol. The molecular weight excluding hydrogens is 679 g/mol. The van der Waals surface area contributed by atoms with Crippen LogP contribution in [0.5, 0.6) is 0 Å². The van der Waals surface area contributed by atoms with Gasteiger partial charge >= 0.3 is 0 Å². The molecule has 0 amide bonds. The van der Waals surface area contributed by atoms with Gasteiger partial charge in [-0.05, 0) is 162 Å². The summed E-state index contributed by atoms with van der Waals surface area (Å²) in [4.78, 5) is 5.03. The van der Waals surface area contributed by atoms with Gasteiger partial charge in [0.1, 0.15) is 0 Å². The molecule has 3 nitrogen and oxygen atoms in total. The summed E-state index contributed by atoms with van der Waals surface area (Å²) >= 11 is 0. The molecule has 6 aromatic carbocycles. The number of hydrogen-bond donors (Lipinski definition) is 1. The normalized spacial score (nSPS) is 13.2. The second-order valence-corrected chi connectivity index (χ2v) is 16.5. The summed E-state index contributed by atoms with van der Waals surface area (Å²) in [6, 6.07) is 42.3. The van der Waals surface area contributed by atoms with Gasteiger partial charge in [0.15, 0.2) is 0 Å². The van der Waals surface area contributed by atoms with Gasteiger partial charge in [-0.3, -0.25) is 0 Å². The Kier molecular flexibility index (Phi) is 12.1. The number of hydrogen-bond acceptors (Lipinski definition) is 3. The molecule has 0 saturated heterocycles. The van der Waals surface area contributed by atoms with Crippen LogP contribution in [0.1, 0.15) is 109 Å². The summed E-state index contributed by atoms with van der Waals surface area (Å²) < 4.78 is 0. The van der Waals surface area contributed by atoms with Crippen LogP contribution in [0.25, 0.3) is 10.8 Å². The van der Waals surface area contributed by atoms with Crippen molar-refractivity contribution in [2.45, 2.75) is 106 Å². The van der Waals surface area contributed by atoms with Gasteiger partial charge in [-0.25, -0.2) is 0 Å². The van der Waals surface area contributed by atoms with Crippen LogP contribution < -0.4 is 15.1 Å². The summed E-state index contributed by atoms with van der Waals surface area (Å²) in [5.74, 6) is 1.26. The van der Waals surface area contributed by atoms with E-state index in [-0.39, 0.29) is 0 Å². The summed E-state index contributed by atoms with van der Waals surface area (Å²) in [5, 5.41) is 6.55. The SMILES string of the molecule is CCCN(c1ccc([C+](c2ccc(N(CCC)c3c(C)cc(C)cc3C)cc2)c2ccc(NC3CCCCC3)c3ccccc23)cc1)c1c(C)cc(C)cc1C. The summed E-state index contributed by atoms with van der Waals surface area (Å²) in [6.45, 7) is 19.9. The van der Waals surface area contributed by atoms with Crippen molar-refractivity contribution in [2.75, 3.05) is 28.2 Å². The lowest BCUT2D eigenvalue weighted by Crippen LogP contribution is -2.22. The monoisotopic (exact) mass is 740 g/mol. The van der Waals surface area contributed by atoms with Gasteiger partial charge in [0.05, 0.1) is 39.7 Å². The fraction of sp³-hybridized carbons (Fsp3) is 0.340. The molecule has 0 aromatic heterocycles. The Morgan fingerprint density at radius 1 is 0.536 bits per heavy atom. The minimum absolute atomic E-state index is 0.542. The van der Waals surface area contributed by atoms with Crippen LogP contribution in [0.15, 0.2) is 109 Å². The lowest BCUT2D eigenvalue weighted by atomic mass is 9.82. The first-order valence-electron chi connectivity index (χ1n) is 21.2. The maximum absolute atomic E-state index is 3.97. The molecule has 7 rings (SSSR count). The average Bonchev–Trinajstić information content (AvgIpc) is 3.18. The number of fused-ring (bicyclic) bond motifs is 1. The molecular formula is C53H62N3+. The van der Waals surface area contributed by atoms with Gasteiger partial charge < -0.3 is 15.1 Å². The Morgan fingerprint density at radius 3 is 1.43 bits per heavy atom. The minimum Gasteiger partial charge on any atom is -0.381 e. The van der Waals surface area contributed by atoms with Crippen LogP contribution in [-0.4, -0.2) is 19.1 Å². The van der Waals surface area contributed by atoms with E-state index in [1.165, 1.54) is 127 Å². The van der Waals surface area contributed by atoms with E-state index in [4.69, 9.17) is 0 Å².